The Morgan fingerprint density at radius 1 is 0.973 bits per heavy atom. The molecule has 1 aliphatic carbocycles. The molecular formula is C27H24N4O4S2. The Kier molecular flexibility index (Phi) is 6.31. The van der Waals surface area contributed by atoms with Crippen LogP contribution in [-0.4, -0.2) is 30.5 Å². The van der Waals surface area contributed by atoms with E-state index in [2.05, 4.69) is 14.9 Å². The first-order chi connectivity index (χ1) is 18.0. The van der Waals surface area contributed by atoms with Gasteiger partial charge in [0, 0.05) is 21.4 Å². The predicted molar refractivity (Wildman–Crippen MR) is 140 cm³/mol. The molecule has 0 atom stereocenters. The van der Waals surface area contributed by atoms with Gasteiger partial charge in [0.1, 0.15) is 0 Å². The van der Waals surface area contributed by atoms with Gasteiger partial charge in [0.2, 0.25) is 21.7 Å². The standard InChI is InChI=1S/C27H24N4O4S2/c32-27-21-12-6-7-13-23(21)36-24-16-18(14-15-22(24)31(27)19-8-4-5-9-19)26-29-25(35-30-26)17-28-37(33,34)20-10-2-1-3-11-20/h1-3,6-7,10-16,19,28H,4-5,8-9,17H2. The van der Waals surface area contributed by atoms with E-state index < -0.39 is 10.0 Å². The fourth-order valence-electron chi connectivity index (χ4n) is 4.83. The van der Waals surface area contributed by atoms with E-state index in [1.165, 1.54) is 12.1 Å². The topological polar surface area (TPSA) is 105 Å². The zero-order chi connectivity index (χ0) is 25.4. The average Bonchev–Trinajstić information content (AvgIpc) is 3.60. The zero-order valence-corrected chi connectivity index (χ0v) is 21.5. The van der Waals surface area contributed by atoms with Crippen LogP contribution in [0.25, 0.3) is 11.4 Å². The van der Waals surface area contributed by atoms with Crippen LogP contribution in [0.2, 0.25) is 0 Å². The maximum absolute atomic E-state index is 13.6. The lowest BCUT2D eigenvalue weighted by Crippen LogP contribution is -2.39. The maximum atomic E-state index is 13.6. The van der Waals surface area contributed by atoms with Crippen LogP contribution >= 0.6 is 11.8 Å². The second-order valence-corrected chi connectivity index (χ2v) is 11.9. The lowest BCUT2D eigenvalue weighted by atomic mass is 10.1. The largest absolute Gasteiger partial charge is 0.338 e. The minimum atomic E-state index is -3.70. The van der Waals surface area contributed by atoms with E-state index >= 15 is 0 Å². The lowest BCUT2D eigenvalue weighted by Gasteiger charge is -2.29. The van der Waals surface area contributed by atoms with Gasteiger partial charge < -0.3 is 9.42 Å². The number of hydrogen-bond donors (Lipinski definition) is 1. The summed E-state index contributed by atoms with van der Waals surface area (Å²) in [5, 5.41) is 4.08. The van der Waals surface area contributed by atoms with Crippen molar-refractivity contribution >= 4 is 33.4 Å². The van der Waals surface area contributed by atoms with E-state index in [9.17, 15) is 13.2 Å². The Bertz CT molecular complexity index is 1560. The highest BCUT2D eigenvalue weighted by molar-refractivity contribution is 7.99. The molecule has 188 valence electrons. The molecule has 1 saturated carbocycles. The average molecular weight is 533 g/mol. The molecule has 6 rings (SSSR count). The molecule has 8 nitrogen and oxygen atoms in total. The summed E-state index contributed by atoms with van der Waals surface area (Å²) in [6, 6.07) is 21.8. The van der Waals surface area contributed by atoms with E-state index in [0.717, 1.165) is 46.7 Å². The van der Waals surface area contributed by atoms with Crippen molar-refractivity contribution in [1.29, 1.82) is 0 Å². The van der Waals surface area contributed by atoms with Gasteiger partial charge in [0.05, 0.1) is 22.7 Å². The number of anilines is 1. The molecule has 0 unspecified atom stereocenters. The molecule has 1 fully saturated rings. The number of hydrogen-bond acceptors (Lipinski definition) is 7. The number of sulfonamides is 1. The number of carbonyl (C=O) groups excluding carboxylic acids is 1. The fourth-order valence-corrected chi connectivity index (χ4v) is 6.93. The van der Waals surface area contributed by atoms with Crippen LogP contribution in [0.5, 0.6) is 0 Å². The Morgan fingerprint density at radius 3 is 2.54 bits per heavy atom. The van der Waals surface area contributed by atoms with Gasteiger partial charge in [-0.05, 0) is 55.3 Å². The van der Waals surface area contributed by atoms with E-state index in [1.54, 1.807) is 30.0 Å². The van der Waals surface area contributed by atoms with E-state index in [4.69, 9.17) is 4.52 Å². The van der Waals surface area contributed by atoms with Crippen LogP contribution in [0.1, 0.15) is 41.9 Å². The monoisotopic (exact) mass is 532 g/mol. The zero-order valence-electron chi connectivity index (χ0n) is 19.8. The van der Waals surface area contributed by atoms with Gasteiger partial charge in [-0.25, -0.2) is 13.1 Å². The molecule has 1 aliphatic heterocycles. The number of benzene rings is 3. The van der Waals surface area contributed by atoms with Gasteiger partial charge in [-0.15, -0.1) is 0 Å². The van der Waals surface area contributed by atoms with Crippen LogP contribution in [0.3, 0.4) is 0 Å². The third-order valence-electron chi connectivity index (χ3n) is 6.66. The molecule has 0 saturated heterocycles. The Hall–Kier alpha value is -3.47. The third kappa shape index (κ3) is 4.68. The number of nitrogens with one attached hydrogen (secondary N) is 1. The van der Waals surface area contributed by atoms with Crippen molar-refractivity contribution in [2.45, 2.75) is 53.0 Å². The highest BCUT2D eigenvalue weighted by Gasteiger charge is 2.34. The van der Waals surface area contributed by atoms with Crippen LogP contribution in [0, 0.1) is 0 Å². The summed E-state index contributed by atoms with van der Waals surface area (Å²) >= 11 is 1.56. The van der Waals surface area contributed by atoms with E-state index in [1.807, 2.05) is 47.4 Å². The SMILES string of the molecule is O=C1c2ccccc2Sc2cc(-c3noc(CNS(=O)(=O)c4ccccc4)n3)ccc2N1C1CCCC1. The van der Waals surface area contributed by atoms with Crippen LogP contribution in [0.15, 0.2) is 92.0 Å². The summed E-state index contributed by atoms with van der Waals surface area (Å²) in [5.74, 6) is 0.549. The Morgan fingerprint density at radius 2 is 1.73 bits per heavy atom. The van der Waals surface area contributed by atoms with Crippen molar-refractivity contribution in [2.75, 3.05) is 4.90 Å². The fraction of sp³-hybridized carbons (Fsp3) is 0.222. The first-order valence-electron chi connectivity index (χ1n) is 12.1. The van der Waals surface area contributed by atoms with Gasteiger partial charge in [0.25, 0.3) is 5.91 Å². The normalized spacial score (nSPS) is 15.9. The molecule has 10 heteroatoms. The molecule has 37 heavy (non-hydrogen) atoms. The van der Waals surface area contributed by atoms with Crippen molar-refractivity contribution in [3.05, 3.63) is 84.3 Å². The van der Waals surface area contributed by atoms with Crippen molar-refractivity contribution in [2.24, 2.45) is 0 Å². The molecule has 4 aromatic rings. The van der Waals surface area contributed by atoms with Crippen molar-refractivity contribution in [3.63, 3.8) is 0 Å². The van der Waals surface area contributed by atoms with Gasteiger partial charge in [-0.3, -0.25) is 4.79 Å². The number of rotatable bonds is 6. The van der Waals surface area contributed by atoms with Gasteiger partial charge >= 0.3 is 0 Å². The maximum Gasteiger partial charge on any atom is 0.259 e. The second-order valence-electron chi connectivity index (χ2n) is 9.04. The van der Waals surface area contributed by atoms with Gasteiger partial charge in [-0.1, -0.05) is 60.1 Å². The predicted octanol–water partition coefficient (Wildman–Crippen LogP) is 5.27. The van der Waals surface area contributed by atoms with Crippen molar-refractivity contribution in [3.8, 4) is 11.4 Å². The quantitative estimate of drug-likeness (QED) is 0.361. The molecule has 2 heterocycles. The Labute approximate surface area is 219 Å². The summed E-state index contributed by atoms with van der Waals surface area (Å²) in [7, 11) is -3.70. The number of carbonyl (C=O) groups is 1. The highest BCUT2D eigenvalue weighted by Crippen LogP contribution is 2.45. The molecule has 2 aliphatic rings. The smallest absolute Gasteiger partial charge is 0.259 e. The van der Waals surface area contributed by atoms with E-state index in [0.29, 0.717) is 11.4 Å². The highest BCUT2D eigenvalue weighted by atomic mass is 32.2. The minimum Gasteiger partial charge on any atom is -0.338 e. The molecule has 3 aromatic carbocycles. The number of fused-ring (bicyclic) bond motifs is 2. The minimum absolute atomic E-state index is 0.0362. The lowest BCUT2D eigenvalue weighted by molar-refractivity contribution is 0.0974. The molecule has 1 aromatic heterocycles. The molecule has 1 amide bonds. The van der Waals surface area contributed by atoms with Gasteiger partial charge in [0.15, 0.2) is 0 Å². The summed E-state index contributed by atoms with van der Waals surface area (Å²) in [4.78, 5) is 22.0. The number of aromatic nitrogens is 2. The summed E-state index contributed by atoms with van der Waals surface area (Å²) in [6.45, 7) is -0.124. The summed E-state index contributed by atoms with van der Waals surface area (Å²) in [5.41, 5.74) is 2.33. The number of amides is 1. The van der Waals surface area contributed by atoms with Gasteiger partial charge in [-0.2, -0.15) is 4.98 Å². The Balaban J connectivity index is 1.29. The van der Waals surface area contributed by atoms with Crippen molar-refractivity contribution in [1.82, 2.24) is 14.9 Å². The van der Waals surface area contributed by atoms with Crippen LogP contribution in [0.4, 0.5) is 5.69 Å². The van der Waals surface area contributed by atoms with Crippen LogP contribution in [-0.2, 0) is 16.6 Å². The second kappa shape index (κ2) is 9.77. The first kappa shape index (κ1) is 23.9. The first-order valence-corrected chi connectivity index (χ1v) is 14.4. The third-order valence-corrected chi connectivity index (χ3v) is 9.20. The number of nitrogens with zero attached hydrogens (tertiary/aromatic N) is 3. The molecular weight excluding hydrogens is 508 g/mol. The molecule has 0 bridgehead atoms. The summed E-state index contributed by atoms with van der Waals surface area (Å²) < 4.78 is 32.8. The summed E-state index contributed by atoms with van der Waals surface area (Å²) in [6.07, 6.45) is 4.23. The molecule has 0 radical (unpaired) electrons. The van der Waals surface area contributed by atoms with Crippen LogP contribution < -0.4 is 9.62 Å². The molecule has 0 spiro atoms. The van der Waals surface area contributed by atoms with E-state index in [-0.39, 0.29) is 29.3 Å². The van der Waals surface area contributed by atoms with Crippen molar-refractivity contribution < 1.29 is 17.7 Å². The molecule has 1 N–H and O–H groups in total.